The summed E-state index contributed by atoms with van der Waals surface area (Å²) in [7, 11) is 0. The van der Waals surface area contributed by atoms with Crippen LogP contribution in [-0.2, 0) is 22.1 Å². The van der Waals surface area contributed by atoms with Gasteiger partial charge in [-0.05, 0) is 37.5 Å². The second-order valence-electron chi connectivity index (χ2n) is 8.82. The highest BCUT2D eigenvalue weighted by Crippen LogP contribution is 2.35. The molecule has 0 spiro atoms. The molecule has 3 rings (SSSR count). The molecule has 2 N–H and O–H groups in total. The van der Waals surface area contributed by atoms with E-state index >= 15 is 0 Å². The van der Waals surface area contributed by atoms with E-state index in [1.54, 1.807) is 6.20 Å². The molecule has 0 bridgehead atoms. The highest BCUT2D eigenvalue weighted by Gasteiger charge is 2.34. The predicted octanol–water partition coefficient (Wildman–Crippen LogP) is 5.05. The molecule has 1 aromatic carbocycles. The number of nitrogens with zero attached hydrogens (tertiary/aromatic N) is 2. The Kier molecular flexibility index (Phi) is 9.64. The van der Waals surface area contributed by atoms with Crippen molar-refractivity contribution in [3.05, 3.63) is 52.7 Å². The largest absolute Gasteiger partial charge is 0.443 e. The molecule has 0 aliphatic carbocycles. The van der Waals surface area contributed by atoms with Gasteiger partial charge in [-0.15, -0.1) is 24.0 Å². The molecule has 1 aliphatic heterocycles. The average Bonchev–Trinajstić information content (AvgIpc) is 3.20. The lowest BCUT2D eigenvalue weighted by Crippen LogP contribution is -2.48. The van der Waals surface area contributed by atoms with Crippen LogP contribution in [0.1, 0.15) is 57.8 Å². The van der Waals surface area contributed by atoms with Crippen molar-refractivity contribution >= 4 is 41.5 Å². The molecular formula is C23H34ClIN4O2. The quantitative estimate of drug-likeness (QED) is 0.294. The number of aromatic nitrogens is 1. The summed E-state index contributed by atoms with van der Waals surface area (Å²) >= 11 is 6.28. The number of ether oxygens (including phenoxy) is 1. The maximum atomic E-state index is 6.28. The molecule has 2 heterocycles. The van der Waals surface area contributed by atoms with Gasteiger partial charge in [-0.1, -0.05) is 44.5 Å². The monoisotopic (exact) mass is 560 g/mol. The molecule has 0 radical (unpaired) electrons. The zero-order valence-electron chi connectivity index (χ0n) is 18.8. The molecule has 0 atom stereocenters. The van der Waals surface area contributed by atoms with Crippen molar-refractivity contribution in [2.24, 2.45) is 4.99 Å². The molecule has 2 aromatic rings. The smallest absolute Gasteiger partial charge is 0.216 e. The third-order valence-corrected chi connectivity index (χ3v) is 5.73. The van der Waals surface area contributed by atoms with Gasteiger partial charge < -0.3 is 19.8 Å². The minimum atomic E-state index is -0.0654. The van der Waals surface area contributed by atoms with Gasteiger partial charge in [-0.2, -0.15) is 0 Å². The van der Waals surface area contributed by atoms with Crippen molar-refractivity contribution in [2.45, 2.75) is 57.9 Å². The number of oxazole rings is 1. The lowest BCUT2D eigenvalue weighted by Gasteiger charge is -2.38. The molecule has 0 saturated carbocycles. The topological polar surface area (TPSA) is 71.7 Å². The van der Waals surface area contributed by atoms with Gasteiger partial charge in [0.2, 0.25) is 5.89 Å². The van der Waals surface area contributed by atoms with Crippen molar-refractivity contribution in [1.82, 2.24) is 15.6 Å². The van der Waals surface area contributed by atoms with E-state index in [0.717, 1.165) is 55.9 Å². The molecule has 1 saturated heterocycles. The Morgan fingerprint density at radius 3 is 2.58 bits per heavy atom. The van der Waals surface area contributed by atoms with Crippen LogP contribution in [0.25, 0.3) is 0 Å². The van der Waals surface area contributed by atoms with Crippen LogP contribution in [-0.4, -0.2) is 37.2 Å². The summed E-state index contributed by atoms with van der Waals surface area (Å²) in [5.74, 6) is 2.24. The molecule has 0 unspecified atom stereocenters. The lowest BCUT2D eigenvalue weighted by atomic mass is 9.74. The van der Waals surface area contributed by atoms with E-state index in [0.29, 0.717) is 12.4 Å². The van der Waals surface area contributed by atoms with Gasteiger partial charge in [-0.3, -0.25) is 0 Å². The minimum absolute atomic E-state index is 0. The van der Waals surface area contributed by atoms with Gasteiger partial charge in [0.1, 0.15) is 12.3 Å². The summed E-state index contributed by atoms with van der Waals surface area (Å²) in [5.41, 5.74) is 1.13. The minimum Gasteiger partial charge on any atom is -0.443 e. The van der Waals surface area contributed by atoms with Crippen LogP contribution in [0.5, 0.6) is 0 Å². The Labute approximate surface area is 207 Å². The number of hydrogen-bond donors (Lipinski definition) is 2. The van der Waals surface area contributed by atoms with E-state index in [4.69, 9.17) is 20.8 Å². The normalized spacial score (nSPS) is 16.5. The van der Waals surface area contributed by atoms with Crippen LogP contribution in [0.2, 0.25) is 5.02 Å². The van der Waals surface area contributed by atoms with E-state index in [1.165, 1.54) is 5.56 Å². The SMILES string of the molecule is CCNC(=NCc1ncc(C(C)(C)C)o1)NCC1(c2cccc(Cl)c2)CCOCC1.I. The molecule has 0 amide bonds. The van der Waals surface area contributed by atoms with E-state index in [9.17, 15) is 0 Å². The van der Waals surface area contributed by atoms with Crippen LogP contribution in [0.4, 0.5) is 0 Å². The van der Waals surface area contributed by atoms with Gasteiger partial charge in [0.25, 0.3) is 0 Å². The fraction of sp³-hybridized carbons (Fsp3) is 0.565. The van der Waals surface area contributed by atoms with Crippen molar-refractivity contribution in [2.75, 3.05) is 26.3 Å². The van der Waals surface area contributed by atoms with Gasteiger partial charge in [-0.25, -0.2) is 9.98 Å². The first kappa shape index (κ1) is 25.9. The second-order valence-corrected chi connectivity index (χ2v) is 9.26. The highest BCUT2D eigenvalue weighted by molar-refractivity contribution is 14.0. The number of halogens is 2. The van der Waals surface area contributed by atoms with E-state index in [1.807, 2.05) is 12.1 Å². The van der Waals surface area contributed by atoms with Gasteiger partial charge in [0.05, 0.1) is 6.20 Å². The van der Waals surface area contributed by atoms with E-state index < -0.39 is 0 Å². The Morgan fingerprint density at radius 1 is 1.23 bits per heavy atom. The zero-order chi connectivity index (χ0) is 21.6. The van der Waals surface area contributed by atoms with Crippen LogP contribution in [0.15, 0.2) is 39.9 Å². The lowest BCUT2D eigenvalue weighted by molar-refractivity contribution is 0.0514. The molecule has 1 fully saturated rings. The van der Waals surface area contributed by atoms with Crippen molar-refractivity contribution in [3.8, 4) is 0 Å². The number of rotatable bonds is 6. The maximum Gasteiger partial charge on any atom is 0.216 e. The van der Waals surface area contributed by atoms with Crippen LogP contribution < -0.4 is 10.6 Å². The van der Waals surface area contributed by atoms with Crippen LogP contribution in [0, 0.1) is 0 Å². The summed E-state index contributed by atoms with van der Waals surface area (Å²) < 4.78 is 11.5. The first-order valence-corrected chi connectivity index (χ1v) is 11.0. The summed E-state index contributed by atoms with van der Waals surface area (Å²) in [6, 6.07) is 8.16. The number of hydrogen-bond acceptors (Lipinski definition) is 4. The molecule has 1 aliphatic rings. The van der Waals surface area contributed by atoms with E-state index in [-0.39, 0.29) is 34.8 Å². The van der Waals surface area contributed by atoms with Gasteiger partial charge in [0.15, 0.2) is 5.96 Å². The number of benzene rings is 1. The zero-order valence-corrected chi connectivity index (χ0v) is 21.9. The number of nitrogens with one attached hydrogen (secondary N) is 2. The fourth-order valence-electron chi connectivity index (χ4n) is 3.62. The summed E-state index contributed by atoms with van der Waals surface area (Å²) in [6.45, 7) is 11.8. The second kappa shape index (κ2) is 11.5. The molecule has 6 nitrogen and oxygen atoms in total. The van der Waals surface area contributed by atoms with Crippen molar-refractivity contribution < 1.29 is 9.15 Å². The fourth-order valence-corrected chi connectivity index (χ4v) is 3.81. The average molecular weight is 561 g/mol. The maximum absolute atomic E-state index is 6.28. The Morgan fingerprint density at radius 2 is 1.97 bits per heavy atom. The molecule has 31 heavy (non-hydrogen) atoms. The summed E-state index contributed by atoms with van der Waals surface area (Å²) in [6.07, 6.45) is 3.67. The van der Waals surface area contributed by atoms with Gasteiger partial charge >= 0.3 is 0 Å². The number of aliphatic imine (C=N–C) groups is 1. The third-order valence-electron chi connectivity index (χ3n) is 5.49. The predicted molar refractivity (Wildman–Crippen MR) is 137 cm³/mol. The molecule has 172 valence electrons. The van der Waals surface area contributed by atoms with E-state index in [2.05, 4.69) is 60.4 Å². The third kappa shape index (κ3) is 7.08. The first-order valence-electron chi connectivity index (χ1n) is 10.6. The molecule has 8 heteroatoms. The summed E-state index contributed by atoms with van der Waals surface area (Å²) in [4.78, 5) is 9.06. The van der Waals surface area contributed by atoms with Crippen molar-refractivity contribution in [1.29, 1.82) is 0 Å². The van der Waals surface area contributed by atoms with Gasteiger partial charge in [0, 0.05) is 42.2 Å². The molecular weight excluding hydrogens is 527 g/mol. The molecule has 1 aromatic heterocycles. The first-order chi connectivity index (χ1) is 14.3. The Hall–Kier alpha value is -1.32. The Balaban J connectivity index is 0.00000341. The van der Waals surface area contributed by atoms with Crippen LogP contribution in [0.3, 0.4) is 0 Å². The number of guanidine groups is 1. The van der Waals surface area contributed by atoms with Crippen molar-refractivity contribution in [3.63, 3.8) is 0 Å². The Bertz CT molecular complexity index is 857. The summed E-state index contributed by atoms with van der Waals surface area (Å²) in [5, 5.41) is 7.61. The van der Waals surface area contributed by atoms with Crippen LogP contribution >= 0.6 is 35.6 Å². The highest BCUT2D eigenvalue weighted by atomic mass is 127. The standard InChI is InChI=1S/C23H33ClN4O2.HI/c1-5-25-21(27-15-20-26-14-19(30-20)22(2,3)4)28-16-23(9-11-29-12-10-23)17-7-6-8-18(24)13-17;/h6-8,13-14H,5,9-12,15-16H2,1-4H3,(H2,25,27,28);1H.